The predicted octanol–water partition coefficient (Wildman–Crippen LogP) is 4.62. The Kier molecular flexibility index (Phi) is 5.78. The first-order chi connectivity index (χ1) is 16.2. The Morgan fingerprint density at radius 3 is 2.50 bits per heavy atom. The molecule has 1 aromatic carbocycles. The summed E-state index contributed by atoms with van der Waals surface area (Å²) in [4.78, 5) is 14.3. The van der Waals surface area contributed by atoms with Crippen molar-refractivity contribution < 1.29 is 15.0 Å². The van der Waals surface area contributed by atoms with Crippen molar-refractivity contribution in [1.29, 1.82) is 0 Å². The number of ketones is 1. The summed E-state index contributed by atoms with van der Waals surface area (Å²) >= 11 is 0. The topological polar surface area (TPSA) is 60.8 Å². The lowest BCUT2D eigenvalue weighted by Gasteiger charge is -2.54. The van der Waals surface area contributed by atoms with Crippen LogP contribution in [0.15, 0.2) is 47.1 Å². The molecule has 4 nitrogen and oxygen atoms in total. The number of benzene rings is 1. The van der Waals surface area contributed by atoms with Gasteiger partial charge >= 0.3 is 0 Å². The van der Waals surface area contributed by atoms with Gasteiger partial charge in [-0.15, -0.1) is 5.92 Å². The number of carbonyl (C=O) groups is 1. The highest BCUT2D eigenvalue weighted by molar-refractivity contribution is 5.93. The van der Waals surface area contributed by atoms with Crippen LogP contribution in [0.3, 0.4) is 0 Å². The molecule has 0 bridgehead atoms. The normalized spacial score (nSPS) is 36.6. The van der Waals surface area contributed by atoms with Crippen LogP contribution < -0.4 is 4.90 Å². The summed E-state index contributed by atoms with van der Waals surface area (Å²) in [6, 6.07) is 8.83. The van der Waals surface area contributed by atoms with Gasteiger partial charge in [0.05, 0.1) is 0 Å². The van der Waals surface area contributed by atoms with E-state index in [4.69, 9.17) is 0 Å². The number of rotatable bonds is 3. The van der Waals surface area contributed by atoms with Crippen molar-refractivity contribution in [3.8, 4) is 11.8 Å². The summed E-state index contributed by atoms with van der Waals surface area (Å²) in [5.41, 5.74) is 5.01. The second-order valence-electron chi connectivity index (χ2n) is 11.3. The summed E-state index contributed by atoms with van der Waals surface area (Å²) < 4.78 is 0. The minimum atomic E-state index is -1.10. The SMILES string of the molecule is CC#C[C@]1(O)C[C@H](CO)[C@H]2[C@@H]3CCC4=CC(=O)CCC4=C3[C@@H](c3ccc(N(C)C)cc3)C[C@@]21C. The van der Waals surface area contributed by atoms with Crippen molar-refractivity contribution in [2.45, 2.75) is 63.9 Å². The molecule has 1 aromatic rings. The largest absolute Gasteiger partial charge is 0.396 e. The van der Waals surface area contributed by atoms with E-state index in [1.165, 1.54) is 28.0 Å². The van der Waals surface area contributed by atoms with Crippen LogP contribution in [0.5, 0.6) is 0 Å². The standard InChI is InChI=1S/C30H37NO3/c1-5-14-30(34)16-21(18-32)28-25-12-8-20-15-23(33)11-13-24(20)27(25)26(17-29(28,30)2)19-6-9-22(10-7-19)31(3)4/h6-7,9-10,15,21,25-26,28,32,34H,8,11-13,16-18H2,1-4H3/t21-,25-,26-,28+,29+,30+/m1/s1. The maximum atomic E-state index is 12.2. The van der Waals surface area contributed by atoms with E-state index in [1.54, 1.807) is 6.92 Å². The van der Waals surface area contributed by atoms with Crippen molar-refractivity contribution in [3.63, 3.8) is 0 Å². The van der Waals surface area contributed by atoms with Crippen LogP contribution in [-0.4, -0.2) is 42.3 Å². The Hall–Kier alpha value is -2.35. The van der Waals surface area contributed by atoms with Gasteiger partial charge in [0.25, 0.3) is 0 Å². The highest BCUT2D eigenvalue weighted by Crippen LogP contribution is 2.68. The maximum Gasteiger partial charge on any atom is 0.156 e. The number of aliphatic hydroxyl groups is 2. The van der Waals surface area contributed by atoms with E-state index in [0.29, 0.717) is 18.8 Å². The van der Waals surface area contributed by atoms with Gasteiger partial charge in [-0.25, -0.2) is 0 Å². The molecule has 4 heteroatoms. The van der Waals surface area contributed by atoms with Gasteiger partial charge in [-0.05, 0) is 91.7 Å². The molecule has 0 radical (unpaired) electrons. The van der Waals surface area contributed by atoms with E-state index >= 15 is 0 Å². The first-order valence-corrected chi connectivity index (χ1v) is 12.7. The van der Waals surface area contributed by atoms with Crippen molar-refractivity contribution >= 4 is 11.5 Å². The van der Waals surface area contributed by atoms with Gasteiger partial charge in [-0.3, -0.25) is 4.79 Å². The zero-order chi connectivity index (χ0) is 24.3. The van der Waals surface area contributed by atoms with Crippen LogP contribution >= 0.6 is 0 Å². The minimum absolute atomic E-state index is 0.0317. The molecular formula is C30H37NO3. The third kappa shape index (κ3) is 3.40. The molecule has 0 heterocycles. The van der Waals surface area contributed by atoms with E-state index in [0.717, 1.165) is 25.7 Å². The number of fused-ring (bicyclic) bond motifs is 4. The second kappa shape index (κ2) is 8.40. The van der Waals surface area contributed by atoms with Gasteiger partial charge < -0.3 is 15.1 Å². The van der Waals surface area contributed by atoms with E-state index in [1.807, 2.05) is 6.08 Å². The van der Waals surface area contributed by atoms with Crippen molar-refractivity contribution in [1.82, 2.24) is 0 Å². The molecule has 5 rings (SSSR count). The Morgan fingerprint density at radius 2 is 1.85 bits per heavy atom. The number of anilines is 1. The van der Waals surface area contributed by atoms with Gasteiger partial charge in [-0.2, -0.15) is 0 Å². The van der Waals surface area contributed by atoms with E-state index in [-0.39, 0.29) is 30.1 Å². The number of hydrogen-bond donors (Lipinski definition) is 2. The van der Waals surface area contributed by atoms with Crippen LogP contribution in [0, 0.1) is 35.0 Å². The van der Waals surface area contributed by atoms with Crippen LogP contribution in [0.4, 0.5) is 5.69 Å². The van der Waals surface area contributed by atoms with Crippen molar-refractivity contribution in [2.24, 2.45) is 23.2 Å². The number of hydrogen-bond acceptors (Lipinski definition) is 4. The van der Waals surface area contributed by atoms with Crippen LogP contribution in [0.25, 0.3) is 0 Å². The molecule has 180 valence electrons. The molecule has 2 N–H and O–H groups in total. The summed E-state index contributed by atoms with van der Waals surface area (Å²) in [5.74, 6) is 7.13. The molecule has 6 atom stereocenters. The van der Waals surface area contributed by atoms with Crippen molar-refractivity contribution in [3.05, 3.63) is 52.6 Å². The summed E-state index contributed by atoms with van der Waals surface area (Å²) in [7, 11) is 4.10. The summed E-state index contributed by atoms with van der Waals surface area (Å²) in [5, 5.41) is 22.3. The molecule has 2 fully saturated rings. The van der Waals surface area contributed by atoms with Gasteiger partial charge in [-0.1, -0.05) is 30.6 Å². The van der Waals surface area contributed by atoms with Crippen LogP contribution in [0.2, 0.25) is 0 Å². The number of allylic oxidation sites excluding steroid dienone is 4. The van der Waals surface area contributed by atoms with Gasteiger partial charge in [0, 0.05) is 44.1 Å². The molecule has 0 unspecified atom stereocenters. The Labute approximate surface area is 203 Å². The van der Waals surface area contributed by atoms with Crippen LogP contribution in [0.1, 0.15) is 63.9 Å². The van der Waals surface area contributed by atoms with E-state index < -0.39 is 11.0 Å². The Bertz CT molecular complexity index is 1120. The molecule has 0 amide bonds. The highest BCUT2D eigenvalue weighted by Gasteiger charge is 2.65. The number of nitrogens with zero attached hydrogens (tertiary/aromatic N) is 1. The predicted molar refractivity (Wildman–Crippen MR) is 135 cm³/mol. The van der Waals surface area contributed by atoms with E-state index in [9.17, 15) is 15.0 Å². The highest BCUT2D eigenvalue weighted by atomic mass is 16.3. The molecule has 4 aliphatic rings. The summed E-state index contributed by atoms with van der Waals surface area (Å²) in [6.45, 7) is 4.10. The molecule has 2 saturated carbocycles. The number of carbonyl (C=O) groups excluding carboxylic acids is 1. The molecular weight excluding hydrogens is 422 g/mol. The lowest BCUT2D eigenvalue weighted by molar-refractivity contribution is -0.114. The molecule has 0 aliphatic heterocycles. The fourth-order valence-corrected chi connectivity index (χ4v) is 7.88. The number of aliphatic hydroxyl groups excluding tert-OH is 1. The summed E-state index contributed by atoms with van der Waals surface area (Å²) in [6.07, 6.45) is 6.49. The smallest absolute Gasteiger partial charge is 0.156 e. The maximum absolute atomic E-state index is 12.2. The average molecular weight is 460 g/mol. The van der Waals surface area contributed by atoms with Gasteiger partial charge in [0.1, 0.15) is 5.60 Å². The quantitative estimate of drug-likeness (QED) is 0.648. The monoisotopic (exact) mass is 459 g/mol. The fraction of sp³-hybridized carbons (Fsp3) is 0.567. The van der Waals surface area contributed by atoms with Crippen molar-refractivity contribution in [2.75, 3.05) is 25.6 Å². The third-order valence-corrected chi connectivity index (χ3v) is 9.38. The minimum Gasteiger partial charge on any atom is -0.396 e. The Morgan fingerprint density at radius 1 is 1.12 bits per heavy atom. The lowest BCUT2D eigenvalue weighted by Crippen LogP contribution is -2.51. The Balaban J connectivity index is 1.70. The zero-order valence-corrected chi connectivity index (χ0v) is 20.9. The first kappa shape index (κ1) is 23.4. The molecule has 0 aromatic heterocycles. The average Bonchev–Trinajstić information content (AvgIpc) is 3.04. The van der Waals surface area contributed by atoms with E-state index in [2.05, 4.69) is 62.0 Å². The molecule has 4 aliphatic carbocycles. The van der Waals surface area contributed by atoms with Crippen LogP contribution in [-0.2, 0) is 4.79 Å². The lowest BCUT2D eigenvalue weighted by atomic mass is 9.50. The fourth-order valence-electron chi connectivity index (χ4n) is 7.88. The second-order valence-corrected chi connectivity index (χ2v) is 11.3. The van der Waals surface area contributed by atoms with Gasteiger partial charge in [0.15, 0.2) is 5.78 Å². The molecule has 34 heavy (non-hydrogen) atoms. The molecule has 0 saturated heterocycles. The molecule has 0 spiro atoms. The first-order valence-electron chi connectivity index (χ1n) is 12.7. The van der Waals surface area contributed by atoms with Gasteiger partial charge in [0.2, 0.25) is 0 Å². The third-order valence-electron chi connectivity index (χ3n) is 9.38. The zero-order valence-electron chi connectivity index (χ0n) is 20.9.